The molecule has 4 aromatic rings. The highest BCUT2D eigenvalue weighted by atomic mass is 79.9. The number of nitrogens with zero attached hydrogens (tertiary/aromatic N) is 1. The minimum Gasteiger partial charge on any atom is -0.422 e. The van der Waals surface area contributed by atoms with Crippen molar-refractivity contribution in [2.45, 2.75) is 0 Å². The molecule has 1 N–H and O–H groups in total. The molecule has 0 amide bonds. The van der Waals surface area contributed by atoms with Gasteiger partial charge in [-0.05, 0) is 60.7 Å². The number of halogens is 2. The molecule has 0 fully saturated rings. The molecule has 25 heavy (non-hydrogen) atoms. The number of hydrogen-bond donors (Lipinski definition) is 1. The second-order valence-corrected chi connectivity index (χ2v) is 7.19. The summed E-state index contributed by atoms with van der Waals surface area (Å²) in [5, 5.41) is 1.32. The number of hydrogen-bond acceptors (Lipinski definition) is 3. The molecule has 0 aliphatic rings. The number of fused-ring (bicyclic) bond motifs is 1. The first-order chi connectivity index (χ1) is 12.0. The lowest BCUT2D eigenvalue weighted by atomic mass is 10.1. The predicted molar refractivity (Wildman–Crippen MR) is 105 cm³/mol. The van der Waals surface area contributed by atoms with Crippen molar-refractivity contribution in [3.05, 3.63) is 79.4 Å². The van der Waals surface area contributed by atoms with Crippen LogP contribution >= 0.6 is 39.7 Å². The van der Waals surface area contributed by atoms with Gasteiger partial charge in [0.15, 0.2) is 4.77 Å². The summed E-state index contributed by atoms with van der Waals surface area (Å²) in [6.07, 6.45) is 1.79. The van der Waals surface area contributed by atoms with Gasteiger partial charge in [0.2, 0.25) is 0 Å². The predicted octanol–water partition coefficient (Wildman–Crippen LogP) is 5.72. The molecule has 7 heteroatoms. The second-order valence-electron chi connectivity index (χ2n) is 5.45. The van der Waals surface area contributed by atoms with Crippen LogP contribution in [0.2, 0.25) is 5.02 Å². The number of nitrogens with one attached hydrogen (secondary N) is 1. The third-order valence-corrected chi connectivity index (χ3v) is 4.87. The molecule has 4 rings (SSSR count). The van der Waals surface area contributed by atoms with Crippen LogP contribution in [0.5, 0.6) is 0 Å². The Balaban J connectivity index is 1.88. The van der Waals surface area contributed by atoms with Gasteiger partial charge in [-0.3, -0.25) is 4.57 Å². The van der Waals surface area contributed by atoms with Gasteiger partial charge >= 0.3 is 5.63 Å². The van der Waals surface area contributed by atoms with Gasteiger partial charge in [0, 0.05) is 26.8 Å². The van der Waals surface area contributed by atoms with Crippen molar-refractivity contribution < 1.29 is 4.42 Å². The lowest BCUT2D eigenvalue weighted by molar-refractivity contribution is 0.563. The standard InChI is InChI=1S/C18H10BrClN2O2S/c19-11-1-4-13(5-2-11)22-9-15(21-18(22)25)14-8-10-7-12(20)3-6-16(10)24-17(14)23/h1-9H,(H,21,25). The number of aromatic amines is 1. The highest BCUT2D eigenvalue weighted by Crippen LogP contribution is 2.24. The normalized spacial score (nSPS) is 11.1. The summed E-state index contributed by atoms with van der Waals surface area (Å²) in [6, 6.07) is 14.6. The fourth-order valence-corrected chi connectivity index (χ4v) is 3.32. The van der Waals surface area contributed by atoms with Crippen LogP contribution in [0.25, 0.3) is 27.9 Å². The molecule has 0 unspecified atom stereocenters. The van der Waals surface area contributed by atoms with Crippen molar-refractivity contribution in [3.8, 4) is 16.9 Å². The van der Waals surface area contributed by atoms with Crippen LogP contribution in [0.3, 0.4) is 0 Å². The summed E-state index contributed by atoms with van der Waals surface area (Å²) in [7, 11) is 0. The van der Waals surface area contributed by atoms with Crippen LogP contribution in [-0.2, 0) is 0 Å². The zero-order valence-corrected chi connectivity index (χ0v) is 15.8. The summed E-state index contributed by atoms with van der Waals surface area (Å²) in [6.45, 7) is 0. The third kappa shape index (κ3) is 3.08. The van der Waals surface area contributed by atoms with Crippen LogP contribution in [0, 0.1) is 4.77 Å². The van der Waals surface area contributed by atoms with Crippen molar-refractivity contribution in [1.29, 1.82) is 0 Å². The van der Waals surface area contributed by atoms with Crippen LogP contribution < -0.4 is 5.63 Å². The van der Waals surface area contributed by atoms with E-state index in [0.717, 1.165) is 15.5 Å². The highest BCUT2D eigenvalue weighted by molar-refractivity contribution is 9.10. The molecule has 4 nitrogen and oxygen atoms in total. The topological polar surface area (TPSA) is 50.9 Å². The summed E-state index contributed by atoms with van der Waals surface area (Å²) in [5.74, 6) is 0. The maximum Gasteiger partial charge on any atom is 0.345 e. The van der Waals surface area contributed by atoms with Crippen molar-refractivity contribution in [1.82, 2.24) is 9.55 Å². The first kappa shape index (κ1) is 16.3. The Bertz CT molecular complexity index is 1210. The number of aromatic nitrogens is 2. The Hall–Kier alpha value is -2.15. The molecule has 0 atom stereocenters. The van der Waals surface area contributed by atoms with Crippen molar-refractivity contribution in [3.63, 3.8) is 0 Å². The molecule has 0 spiro atoms. The lowest BCUT2D eigenvalue weighted by Crippen LogP contribution is -2.02. The minimum absolute atomic E-state index is 0.400. The Morgan fingerprint density at radius 3 is 2.64 bits per heavy atom. The number of H-pyrrole nitrogens is 1. The Labute approximate surface area is 160 Å². The molecule has 0 bridgehead atoms. The van der Waals surface area contributed by atoms with E-state index < -0.39 is 5.63 Å². The summed E-state index contributed by atoms with van der Waals surface area (Å²) < 4.78 is 8.66. The van der Waals surface area contributed by atoms with E-state index in [1.165, 1.54) is 0 Å². The number of rotatable bonds is 2. The smallest absolute Gasteiger partial charge is 0.345 e. The average molecular weight is 434 g/mol. The minimum atomic E-state index is -0.436. The van der Waals surface area contributed by atoms with E-state index in [1.54, 1.807) is 35.0 Å². The third-order valence-electron chi connectivity index (χ3n) is 3.81. The second kappa shape index (κ2) is 6.29. The monoisotopic (exact) mass is 432 g/mol. The molecular formula is C18H10BrClN2O2S. The SMILES string of the molecule is O=c1oc2ccc(Cl)cc2cc1-c1cn(-c2ccc(Br)cc2)c(=S)[nH]1. The first-order valence-corrected chi connectivity index (χ1v) is 8.90. The van der Waals surface area contributed by atoms with Crippen molar-refractivity contribution >= 4 is 50.7 Å². The lowest BCUT2D eigenvalue weighted by Gasteiger charge is -2.02. The van der Waals surface area contributed by atoms with Gasteiger partial charge in [-0.1, -0.05) is 27.5 Å². The summed E-state index contributed by atoms with van der Waals surface area (Å²) >= 11 is 14.8. The zero-order valence-electron chi connectivity index (χ0n) is 12.6. The van der Waals surface area contributed by atoms with E-state index in [9.17, 15) is 4.79 Å². The summed E-state index contributed by atoms with van der Waals surface area (Å²) in [4.78, 5) is 15.4. The van der Waals surface area contributed by atoms with Gasteiger partial charge in [-0.15, -0.1) is 0 Å². The fraction of sp³-hybridized carbons (Fsp3) is 0. The van der Waals surface area contributed by atoms with Crippen LogP contribution in [0.4, 0.5) is 0 Å². The Kier molecular flexibility index (Phi) is 4.11. The van der Waals surface area contributed by atoms with Crippen molar-refractivity contribution in [2.75, 3.05) is 0 Å². The van der Waals surface area contributed by atoms with Crippen molar-refractivity contribution in [2.24, 2.45) is 0 Å². The van der Waals surface area contributed by atoms with E-state index in [4.69, 9.17) is 28.2 Å². The van der Waals surface area contributed by atoms with Crippen LogP contribution in [0.1, 0.15) is 0 Å². The molecule has 0 aliphatic heterocycles. The molecule has 124 valence electrons. The molecule has 0 saturated heterocycles. The molecule has 2 aromatic carbocycles. The van der Waals surface area contributed by atoms with Gasteiger partial charge in [0.25, 0.3) is 0 Å². The zero-order chi connectivity index (χ0) is 17.6. The highest BCUT2D eigenvalue weighted by Gasteiger charge is 2.12. The van der Waals surface area contributed by atoms with Crippen LogP contribution in [0.15, 0.2) is 68.4 Å². The molecule has 2 heterocycles. The Morgan fingerprint density at radius 1 is 1.12 bits per heavy atom. The van der Waals surface area contributed by atoms with E-state index in [0.29, 0.717) is 26.6 Å². The quantitative estimate of drug-likeness (QED) is 0.325. The molecule has 0 saturated carbocycles. The molecule has 0 radical (unpaired) electrons. The van der Waals surface area contributed by atoms with E-state index in [-0.39, 0.29) is 0 Å². The maximum absolute atomic E-state index is 12.4. The fourth-order valence-electron chi connectivity index (χ4n) is 2.61. The molecule has 0 aliphatic carbocycles. The summed E-state index contributed by atoms with van der Waals surface area (Å²) in [5.41, 5.74) is 1.93. The average Bonchev–Trinajstić information content (AvgIpc) is 2.97. The van der Waals surface area contributed by atoms with Gasteiger partial charge in [0.1, 0.15) is 5.58 Å². The van der Waals surface area contributed by atoms with Gasteiger partial charge in [-0.2, -0.15) is 0 Å². The largest absolute Gasteiger partial charge is 0.422 e. The first-order valence-electron chi connectivity index (χ1n) is 7.33. The van der Waals surface area contributed by atoms with E-state index >= 15 is 0 Å². The number of imidazole rings is 1. The maximum atomic E-state index is 12.4. The molecule has 2 aromatic heterocycles. The number of benzene rings is 2. The van der Waals surface area contributed by atoms with Crippen LogP contribution in [-0.4, -0.2) is 9.55 Å². The molecular weight excluding hydrogens is 424 g/mol. The van der Waals surface area contributed by atoms with E-state index in [1.807, 2.05) is 24.3 Å². The van der Waals surface area contributed by atoms with Gasteiger partial charge in [-0.25, -0.2) is 4.79 Å². The van der Waals surface area contributed by atoms with E-state index in [2.05, 4.69) is 20.9 Å². The van der Waals surface area contributed by atoms with Gasteiger partial charge < -0.3 is 9.40 Å². The van der Waals surface area contributed by atoms with Gasteiger partial charge in [0.05, 0.1) is 11.3 Å². The Morgan fingerprint density at radius 2 is 1.88 bits per heavy atom.